The van der Waals surface area contributed by atoms with Crippen molar-refractivity contribution in [2.45, 2.75) is 13.0 Å². The van der Waals surface area contributed by atoms with E-state index in [0.29, 0.717) is 5.56 Å². The predicted octanol–water partition coefficient (Wildman–Crippen LogP) is 3.32. The Kier molecular flexibility index (Phi) is 3.46. The van der Waals surface area contributed by atoms with Crippen LogP contribution in [0.4, 0.5) is 4.39 Å². The summed E-state index contributed by atoms with van der Waals surface area (Å²) in [6.45, 7) is 1.85. The molecule has 0 spiro atoms. The SMILES string of the molecule is CC(NC1=CC(=O)c2cccnc2C1=O)c1c[nH]c2ccc(F)cc12. The highest BCUT2D eigenvalue weighted by atomic mass is 19.1. The lowest BCUT2D eigenvalue weighted by atomic mass is 9.96. The summed E-state index contributed by atoms with van der Waals surface area (Å²) in [5.74, 6) is -0.919. The first kappa shape index (κ1) is 15.3. The van der Waals surface area contributed by atoms with E-state index in [-0.39, 0.29) is 34.8 Å². The number of fused-ring (bicyclic) bond motifs is 2. The number of hydrogen-bond acceptors (Lipinski definition) is 4. The molecule has 1 aliphatic carbocycles. The predicted molar refractivity (Wildman–Crippen MR) is 90.8 cm³/mol. The van der Waals surface area contributed by atoms with Gasteiger partial charge in [0.25, 0.3) is 0 Å². The topological polar surface area (TPSA) is 74.8 Å². The highest BCUT2D eigenvalue weighted by Crippen LogP contribution is 2.27. The first-order valence-corrected chi connectivity index (χ1v) is 7.83. The Morgan fingerprint density at radius 1 is 1.24 bits per heavy atom. The zero-order valence-electron chi connectivity index (χ0n) is 13.3. The zero-order chi connectivity index (χ0) is 17.6. The fourth-order valence-electron chi connectivity index (χ4n) is 3.08. The van der Waals surface area contributed by atoms with Crippen molar-refractivity contribution in [1.29, 1.82) is 0 Å². The molecule has 4 rings (SSSR count). The van der Waals surface area contributed by atoms with Crippen LogP contribution >= 0.6 is 0 Å². The number of nitrogens with one attached hydrogen (secondary N) is 2. The van der Waals surface area contributed by atoms with Gasteiger partial charge in [-0.15, -0.1) is 0 Å². The molecule has 1 unspecified atom stereocenters. The molecule has 1 aromatic carbocycles. The monoisotopic (exact) mass is 335 g/mol. The Morgan fingerprint density at radius 2 is 2.08 bits per heavy atom. The van der Waals surface area contributed by atoms with Crippen molar-refractivity contribution in [1.82, 2.24) is 15.3 Å². The van der Waals surface area contributed by atoms with Crippen LogP contribution in [-0.4, -0.2) is 21.5 Å². The van der Waals surface area contributed by atoms with Crippen molar-refractivity contribution in [2.24, 2.45) is 0 Å². The Bertz CT molecular complexity index is 1050. The number of benzene rings is 1. The van der Waals surface area contributed by atoms with Crippen LogP contribution < -0.4 is 5.32 Å². The summed E-state index contributed by atoms with van der Waals surface area (Å²) in [6.07, 6.45) is 4.54. The average molecular weight is 335 g/mol. The number of hydrogen-bond donors (Lipinski definition) is 2. The zero-order valence-corrected chi connectivity index (χ0v) is 13.3. The molecule has 1 atom stereocenters. The highest BCUT2D eigenvalue weighted by Gasteiger charge is 2.27. The smallest absolute Gasteiger partial charge is 0.228 e. The molecule has 0 radical (unpaired) electrons. The van der Waals surface area contributed by atoms with Gasteiger partial charge in [-0.3, -0.25) is 14.6 Å². The fourth-order valence-corrected chi connectivity index (χ4v) is 3.08. The number of pyridine rings is 1. The molecule has 5 nitrogen and oxygen atoms in total. The minimum Gasteiger partial charge on any atom is -0.375 e. The molecule has 0 saturated heterocycles. The Hall–Kier alpha value is -3.28. The molecule has 6 heteroatoms. The molecule has 0 bridgehead atoms. The van der Waals surface area contributed by atoms with E-state index in [1.54, 1.807) is 24.4 Å². The van der Waals surface area contributed by atoms with Gasteiger partial charge in [-0.05, 0) is 42.8 Å². The Labute approximate surface area is 142 Å². The minimum absolute atomic E-state index is 0.148. The van der Waals surface area contributed by atoms with Gasteiger partial charge in [0.2, 0.25) is 5.78 Å². The molecule has 3 aromatic rings. The van der Waals surface area contributed by atoms with Gasteiger partial charge in [-0.2, -0.15) is 0 Å². The van der Waals surface area contributed by atoms with Crippen molar-refractivity contribution >= 4 is 22.5 Å². The molecule has 25 heavy (non-hydrogen) atoms. The molecule has 2 heterocycles. The number of carbonyl (C=O) groups is 2. The first-order chi connectivity index (χ1) is 12.0. The maximum Gasteiger partial charge on any atom is 0.228 e. The molecule has 0 saturated carbocycles. The minimum atomic E-state index is -0.332. The molecule has 0 aliphatic heterocycles. The second-order valence-electron chi connectivity index (χ2n) is 5.95. The number of H-pyrrole nitrogens is 1. The van der Waals surface area contributed by atoms with Crippen LogP contribution in [0.3, 0.4) is 0 Å². The lowest BCUT2D eigenvalue weighted by Gasteiger charge is -2.20. The van der Waals surface area contributed by atoms with Crippen LogP contribution in [0.5, 0.6) is 0 Å². The average Bonchev–Trinajstić information content (AvgIpc) is 3.02. The maximum absolute atomic E-state index is 13.5. The number of halogens is 1. The number of aromatic nitrogens is 2. The van der Waals surface area contributed by atoms with E-state index in [4.69, 9.17) is 0 Å². The Morgan fingerprint density at radius 3 is 2.92 bits per heavy atom. The van der Waals surface area contributed by atoms with Gasteiger partial charge in [0.05, 0.1) is 17.3 Å². The van der Waals surface area contributed by atoms with Crippen molar-refractivity contribution < 1.29 is 14.0 Å². The number of aromatic amines is 1. The molecule has 2 aromatic heterocycles. The molecular formula is C19H14FN3O2. The lowest BCUT2D eigenvalue weighted by molar-refractivity contribution is 0.0972. The van der Waals surface area contributed by atoms with Gasteiger partial charge in [0, 0.05) is 29.4 Å². The first-order valence-electron chi connectivity index (χ1n) is 7.83. The van der Waals surface area contributed by atoms with Crippen LogP contribution in [0.25, 0.3) is 10.9 Å². The third-order valence-corrected chi connectivity index (χ3v) is 4.32. The van der Waals surface area contributed by atoms with E-state index in [0.717, 1.165) is 16.5 Å². The summed E-state index contributed by atoms with van der Waals surface area (Å²) in [5.41, 5.74) is 2.25. The van der Waals surface area contributed by atoms with E-state index < -0.39 is 0 Å². The van der Waals surface area contributed by atoms with E-state index in [1.165, 1.54) is 24.4 Å². The molecule has 2 N–H and O–H groups in total. The van der Waals surface area contributed by atoms with Crippen LogP contribution in [0.15, 0.2) is 54.5 Å². The van der Waals surface area contributed by atoms with Gasteiger partial charge in [0.1, 0.15) is 11.5 Å². The van der Waals surface area contributed by atoms with Crippen molar-refractivity contribution in [3.05, 3.63) is 77.1 Å². The van der Waals surface area contributed by atoms with Gasteiger partial charge >= 0.3 is 0 Å². The van der Waals surface area contributed by atoms with Crippen LogP contribution in [-0.2, 0) is 0 Å². The van der Waals surface area contributed by atoms with Gasteiger partial charge < -0.3 is 10.3 Å². The largest absolute Gasteiger partial charge is 0.375 e. The van der Waals surface area contributed by atoms with Gasteiger partial charge in [-0.25, -0.2) is 4.39 Å². The summed E-state index contributed by atoms with van der Waals surface area (Å²) in [5, 5.41) is 3.79. The standard InChI is InChI=1S/C19H14FN3O2/c1-10(14-9-22-15-5-4-11(20)7-13(14)15)23-16-8-17(24)12-3-2-6-21-18(12)19(16)25/h2-10,22-23H,1H3. The Balaban J connectivity index is 1.67. The van der Waals surface area contributed by atoms with Crippen molar-refractivity contribution in [3.8, 4) is 0 Å². The van der Waals surface area contributed by atoms with E-state index in [1.807, 2.05) is 6.92 Å². The highest BCUT2D eigenvalue weighted by molar-refractivity contribution is 6.23. The summed E-state index contributed by atoms with van der Waals surface area (Å²) in [4.78, 5) is 31.9. The van der Waals surface area contributed by atoms with Crippen LogP contribution in [0, 0.1) is 5.82 Å². The fraction of sp³-hybridized carbons (Fsp3) is 0.105. The molecule has 124 valence electrons. The normalized spacial score (nSPS) is 15.0. The van der Waals surface area contributed by atoms with E-state index >= 15 is 0 Å². The van der Waals surface area contributed by atoms with Crippen molar-refractivity contribution in [2.75, 3.05) is 0 Å². The third-order valence-electron chi connectivity index (χ3n) is 4.32. The maximum atomic E-state index is 13.5. The molecule has 0 amide bonds. The quantitative estimate of drug-likeness (QED) is 0.770. The number of rotatable bonds is 3. The number of Topliss-reactive ketones (excluding diaryl/α,β-unsaturated/α-hetero) is 1. The molecular weight excluding hydrogens is 321 g/mol. The summed E-state index contributed by atoms with van der Waals surface area (Å²) < 4.78 is 13.5. The van der Waals surface area contributed by atoms with Gasteiger partial charge in [0.15, 0.2) is 5.78 Å². The number of nitrogens with zero attached hydrogens (tertiary/aromatic N) is 1. The van der Waals surface area contributed by atoms with E-state index in [9.17, 15) is 14.0 Å². The lowest BCUT2D eigenvalue weighted by Crippen LogP contribution is -2.29. The van der Waals surface area contributed by atoms with Gasteiger partial charge in [-0.1, -0.05) is 0 Å². The molecule has 1 aliphatic rings. The summed E-state index contributed by atoms with van der Waals surface area (Å²) in [6, 6.07) is 7.40. The van der Waals surface area contributed by atoms with E-state index in [2.05, 4.69) is 15.3 Å². The summed E-state index contributed by atoms with van der Waals surface area (Å²) >= 11 is 0. The molecule has 0 fully saturated rings. The van der Waals surface area contributed by atoms with Crippen LogP contribution in [0.2, 0.25) is 0 Å². The number of allylic oxidation sites excluding steroid dienone is 2. The second kappa shape index (κ2) is 5.66. The van der Waals surface area contributed by atoms with Crippen molar-refractivity contribution in [3.63, 3.8) is 0 Å². The number of ketones is 2. The van der Waals surface area contributed by atoms with Crippen LogP contribution in [0.1, 0.15) is 39.4 Å². The number of carbonyl (C=O) groups excluding carboxylic acids is 2. The third kappa shape index (κ3) is 2.52. The second-order valence-corrected chi connectivity index (χ2v) is 5.95. The summed E-state index contributed by atoms with van der Waals surface area (Å²) in [7, 11) is 0.